The molecule has 1 aromatic rings. The van der Waals surface area contributed by atoms with Crippen molar-refractivity contribution >= 4 is 29.1 Å². The maximum absolute atomic E-state index is 13.9. The van der Waals surface area contributed by atoms with E-state index in [0.29, 0.717) is 0 Å². The second-order valence-corrected chi connectivity index (χ2v) is 7.17. The largest absolute Gasteiger partial charge is 0.257 e. The summed E-state index contributed by atoms with van der Waals surface area (Å²) in [6.45, 7) is 0. The maximum Gasteiger partial charge on any atom is 0.142 e. The van der Waals surface area contributed by atoms with Crippen molar-refractivity contribution in [3.05, 3.63) is 56.9 Å². The number of halogens is 2. The summed E-state index contributed by atoms with van der Waals surface area (Å²) in [5.74, 6) is 0.910. The Labute approximate surface area is 133 Å². The Morgan fingerprint density at radius 3 is 3.05 bits per heavy atom. The van der Waals surface area contributed by atoms with Gasteiger partial charge in [-0.1, -0.05) is 23.7 Å². The Balaban J connectivity index is 1.86. The third-order valence-corrected chi connectivity index (χ3v) is 5.81. The first-order chi connectivity index (χ1) is 10.2. The molecule has 108 valence electrons. The van der Waals surface area contributed by atoms with Gasteiger partial charge < -0.3 is 0 Å². The van der Waals surface area contributed by atoms with Crippen LogP contribution in [0.5, 0.6) is 0 Å². The molecule has 2 aliphatic heterocycles. The summed E-state index contributed by atoms with van der Waals surface area (Å²) in [6, 6.07) is 5.22. The summed E-state index contributed by atoms with van der Waals surface area (Å²) in [6.07, 6.45) is 6.62. The molecule has 1 nitrogen and oxygen atoms in total. The first-order valence-corrected chi connectivity index (χ1v) is 8.69. The van der Waals surface area contributed by atoms with Gasteiger partial charge in [-0.2, -0.15) is 0 Å². The van der Waals surface area contributed by atoms with Crippen molar-refractivity contribution in [2.24, 2.45) is 4.99 Å². The smallest absolute Gasteiger partial charge is 0.142 e. The van der Waals surface area contributed by atoms with Crippen LogP contribution in [0.4, 0.5) is 4.39 Å². The van der Waals surface area contributed by atoms with Gasteiger partial charge in [0.2, 0.25) is 0 Å². The predicted octanol–water partition coefficient (Wildman–Crippen LogP) is 5.48. The van der Waals surface area contributed by atoms with E-state index in [1.807, 2.05) is 17.8 Å². The summed E-state index contributed by atoms with van der Waals surface area (Å²) in [4.78, 5) is 6.18. The quantitative estimate of drug-likeness (QED) is 0.668. The molecule has 1 atom stereocenters. The van der Waals surface area contributed by atoms with Crippen molar-refractivity contribution in [2.45, 2.75) is 31.6 Å². The summed E-state index contributed by atoms with van der Waals surface area (Å²) in [5.41, 5.74) is 4.72. The minimum absolute atomic E-state index is 0.159. The molecule has 4 rings (SSSR count). The van der Waals surface area contributed by atoms with Crippen LogP contribution in [0, 0.1) is 5.82 Å². The first-order valence-electron chi connectivity index (χ1n) is 7.33. The molecular weight excluding hydrogens is 305 g/mol. The molecule has 0 N–H and O–H groups in total. The van der Waals surface area contributed by atoms with Crippen LogP contribution >= 0.6 is 23.4 Å². The number of allylic oxidation sites excluding steroid dienone is 4. The molecule has 0 aromatic heterocycles. The lowest BCUT2D eigenvalue weighted by molar-refractivity contribution is 0.625. The van der Waals surface area contributed by atoms with Crippen LogP contribution in [-0.2, 0) is 0 Å². The van der Waals surface area contributed by atoms with Crippen molar-refractivity contribution in [1.29, 1.82) is 0 Å². The van der Waals surface area contributed by atoms with Crippen molar-refractivity contribution in [3.63, 3.8) is 0 Å². The highest BCUT2D eigenvalue weighted by molar-refractivity contribution is 8.03. The summed E-state index contributed by atoms with van der Waals surface area (Å²) >= 11 is 7.71. The van der Waals surface area contributed by atoms with Crippen LogP contribution in [0.25, 0.3) is 0 Å². The van der Waals surface area contributed by atoms with E-state index < -0.39 is 0 Å². The minimum Gasteiger partial charge on any atom is -0.257 e. The van der Waals surface area contributed by atoms with Crippen LogP contribution in [0.2, 0.25) is 5.02 Å². The molecule has 0 bridgehead atoms. The van der Waals surface area contributed by atoms with E-state index in [0.717, 1.165) is 30.6 Å². The number of hydrogen-bond donors (Lipinski definition) is 0. The number of nitrogens with zero attached hydrogens (tertiary/aromatic N) is 1. The fourth-order valence-corrected chi connectivity index (χ4v) is 4.72. The van der Waals surface area contributed by atoms with Crippen molar-refractivity contribution in [1.82, 2.24) is 0 Å². The summed E-state index contributed by atoms with van der Waals surface area (Å²) < 4.78 is 13.9. The van der Waals surface area contributed by atoms with Gasteiger partial charge in [0, 0.05) is 22.3 Å². The van der Waals surface area contributed by atoms with E-state index in [1.165, 1.54) is 28.3 Å². The molecule has 0 saturated heterocycles. The number of benzene rings is 1. The zero-order valence-corrected chi connectivity index (χ0v) is 13.1. The molecule has 0 spiro atoms. The highest BCUT2D eigenvalue weighted by Crippen LogP contribution is 2.50. The molecule has 3 aliphatic rings. The van der Waals surface area contributed by atoms with Gasteiger partial charge >= 0.3 is 0 Å². The van der Waals surface area contributed by atoms with E-state index in [2.05, 4.69) is 6.08 Å². The normalized spacial score (nSPS) is 24.4. The van der Waals surface area contributed by atoms with Gasteiger partial charge in [-0.15, -0.1) is 11.8 Å². The lowest BCUT2D eigenvalue weighted by Crippen LogP contribution is -2.20. The Morgan fingerprint density at radius 1 is 1.29 bits per heavy atom. The maximum atomic E-state index is 13.9. The number of rotatable bonds is 1. The Morgan fingerprint density at radius 2 is 2.19 bits per heavy atom. The monoisotopic (exact) mass is 319 g/mol. The van der Waals surface area contributed by atoms with Crippen molar-refractivity contribution in [2.75, 3.05) is 5.75 Å². The number of fused-ring (bicyclic) bond motifs is 1. The van der Waals surface area contributed by atoms with Crippen molar-refractivity contribution in [3.8, 4) is 0 Å². The molecule has 0 saturated carbocycles. The molecule has 0 fully saturated rings. The Kier molecular flexibility index (Phi) is 3.43. The summed E-state index contributed by atoms with van der Waals surface area (Å²) in [5, 5.41) is 0.189. The van der Waals surface area contributed by atoms with E-state index >= 15 is 0 Å². The van der Waals surface area contributed by atoms with Crippen molar-refractivity contribution < 1.29 is 4.39 Å². The Hall–Kier alpha value is -1.06. The second-order valence-electron chi connectivity index (χ2n) is 5.63. The van der Waals surface area contributed by atoms with Gasteiger partial charge in [-0.05, 0) is 49.0 Å². The van der Waals surface area contributed by atoms with E-state index in [1.54, 1.807) is 12.1 Å². The fraction of sp³-hybridized carbons (Fsp3) is 0.353. The molecule has 21 heavy (non-hydrogen) atoms. The molecular formula is C17H15ClFNS. The molecule has 1 aliphatic carbocycles. The third-order valence-electron chi connectivity index (χ3n) is 4.32. The standard InChI is InChI=1S/C17H15ClFNS/c18-12-6-5-10(9-13(12)19)16-11-3-1-2-4-14(11)20-15-7-8-21-17(15)16/h3,5-6,9,16H,1-2,4,7-8H2. The fourth-order valence-electron chi connectivity index (χ4n) is 3.35. The SMILES string of the molecule is Fc1cc(C2C3=CCCCC3=NC3=C2SCC3)ccc1Cl. The molecule has 0 amide bonds. The van der Waals surface area contributed by atoms with Crippen LogP contribution in [0.1, 0.15) is 37.2 Å². The minimum atomic E-state index is -0.334. The van der Waals surface area contributed by atoms with Crippen LogP contribution in [-0.4, -0.2) is 11.5 Å². The third kappa shape index (κ3) is 2.27. The zero-order valence-electron chi connectivity index (χ0n) is 11.5. The second kappa shape index (κ2) is 5.29. The van der Waals surface area contributed by atoms with Crippen LogP contribution < -0.4 is 0 Å². The van der Waals surface area contributed by atoms with E-state index in [9.17, 15) is 4.39 Å². The van der Waals surface area contributed by atoms with Gasteiger partial charge in [0.1, 0.15) is 5.82 Å². The van der Waals surface area contributed by atoms with E-state index in [4.69, 9.17) is 16.6 Å². The van der Waals surface area contributed by atoms with Gasteiger partial charge in [-0.3, -0.25) is 4.99 Å². The predicted molar refractivity (Wildman–Crippen MR) is 87.6 cm³/mol. The van der Waals surface area contributed by atoms with Gasteiger partial charge in [0.15, 0.2) is 0 Å². The molecule has 1 unspecified atom stereocenters. The number of thioether (sulfide) groups is 1. The molecule has 0 radical (unpaired) electrons. The first kappa shape index (κ1) is 13.6. The molecule has 4 heteroatoms. The topological polar surface area (TPSA) is 12.4 Å². The summed E-state index contributed by atoms with van der Waals surface area (Å²) in [7, 11) is 0. The molecule has 1 aromatic carbocycles. The van der Waals surface area contributed by atoms with Crippen LogP contribution in [0.3, 0.4) is 0 Å². The number of hydrogen-bond acceptors (Lipinski definition) is 2. The average Bonchev–Trinajstić information content (AvgIpc) is 2.95. The van der Waals surface area contributed by atoms with Gasteiger partial charge in [0.05, 0.1) is 10.7 Å². The lowest BCUT2D eigenvalue weighted by atomic mass is 9.80. The van der Waals surface area contributed by atoms with Crippen LogP contribution in [0.15, 0.2) is 45.4 Å². The zero-order chi connectivity index (χ0) is 14.4. The lowest BCUT2D eigenvalue weighted by Gasteiger charge is -2.30. The molecule has 2 heterocycles. The Bertz CT molecular complexity index is 705. The highest BCUT2D eigenvalue weighted by Gasteiger charge is 2.34. The highest BCUT2D eigenvalue weighted by atomic mass is 35.5. The average molecular weight is 320 g/mol. The van der Waals surface area contributed by atoms with E-state index in [-0.39, 0.29) is 16.8 Å². The number of aliphatic imine (C=N–C) groups is 1. The van der Waals surface area contributed by atoms with Gasteiger partial charge in [-0.25, -0.2) is 4.39 Å². The van der Waals surface area contributed by atoms with Gasteiger partial charge in [0.25, 0.3) is 0 Å².